The summed E-state index contributed by atoms with van der Waals surface area (Å²) in [6.45, 7) is 1.90. The number of unbranched alkanes of at least 4 members (excludes halogenated alkanes) is 1. The standard InChI is InChI=1S/C21H28O6/c1-2-3-11-16(17(22)23)21(19(26)27)13-8-7-12-20(21,18(24)25)14-15-9-5-4-6-10-15/h4-6,9-10,16H,2-3,7-8,11-14H2,1H3,(H,22,23)(H,24,25)(H,26,27). The van der Waals surface area contributed by atoms with Crippen molar-refractivity contribution < 1.29 is 29.7 Å². The number of carbonyl (C=O) groups is 3. The molecular formula is C21H28O6. The highest BCUT2D eigenvalue weighted by Gasteiger charge is 2.66. The highest BCUT2D eigenvalue weighted by Crippen LogP contribution is 2.58. The van der Waals surface area contributed by atoms with Crippen molar-refractivity contribution in [3.8, 4) is 0 Å². The molecule has 0 aromatic heterocycles. The van der Waals surface area contributed by atoms with Crippen LogP contribution in [-0.2, 0) is 20.8 Å². The molecule has 3 N–H and O–H groups in total. The van der Waals surface area contributed by atoms with Crippen LogP contribution in [0.4, 0.5) is 0 Å². The first-order valence-corrected chi connectivity index (χ1v) is 9.55. The van der Waals surface area contributed by atoms with E-state index in [4.69, 9.17) is 0 Å². The predicted molar refractivity (Wildman–Crippen MR) is 99.4 cm³/mol. The highest BCUT2D eigenvalue weighted by molar-refractivity contribution is 5.91. The van der Waals surface area contributed by atoms with Crippen LogP contribution in [0.25, 0.3) is 0 Å². The Morgan fingerprint density at radius 2 is 1.63 bits per heavy atom. The molecule has 0 bridgehead atoms. The second-order valence-corrected chi connectivity index (χ2v) is 7.57. The Hall–Kier alpha value is -2.37. The molecule has 1 fully saturated rings. The molecule has 0 radical (unpaired) electrons. The van der Waals surface area contributed by atoms with Gasteiger partial charge < -0.3 is 15.3 Å². The molecule has 27 heavy (non-hydrogen) atoms. The lowest BCUT2D eigenvalue weighted by Crippen LogP contribution is -2.60. The number of hydrogen-bond acceptors (Lipinski definition) is 3. The van der Waals surface area contributed by atoms with Crippen LogP contribution >= 0.6 is 0 Å². The Balaban J connectivity index is 2.66. The monoisotopic (exact) mass is 376 g/mol. The molecule has 1 aliphatic rings. The normalized spacial score (nSPS) is 26.3. The zero-order chi connectivity index (χ0) is 20.1. The van der Waals surface area contributed by atoms with Crippen LogP contribution in [0.1, 0.15) is 57.4 Å². The number of carboxylic acid groups (broad SMARTS) is 3. The lowest BCUT2D eigenvalue weighted by molar-refractivity contribution is -0.193. The van der Waals surface area contributed by atoms with E-state index in [0.717, 1.165) is 6.42 Å². The van der Waals surface area contributed by atoms with Crippen molar-refractivity contribution in [2.45, 2.75) is 58.3 Å². The Morgan fingerprint density at radius 1 is 1.00 bits per heavy atom. The second-order valence-electron chi connectivity index (χ2n) is 7.57. The fraction of sp³-hybridized carbons (Fsp3) is 0.571. The van der Waals surface area contributed by atoms with Gasteiger partial charge in [0.25, 0.3) is 0 Å². The summed E-state index contributed by atoms with van der Waals surface area (Å²) in [5, 5.41) is 30.4. The molecule has 0 saturated heterocycles. The van der Waals surface area contributed by atoms with E-state index in [0.29, 0.717) is 24.8 Å². The average molecular weight is 376 g/mol. The summed E-state index contributed by atoms with van der Waals surface area (Å²) in [7, 11) is 0. The fourth-order valence-electron chi connectivity index (χ4n) is 4.81. The number of carboxylic acids is 3. The molecule has 1 saturated carbocycles. The third-order valence-electron chi connectivity index (χ3n) is 6.16. The van der Waals surface area contributed by atoms with Gasteiger partial charge in [0.05, 0.1) is 16.7 Å². The molecule has 3 unspecified atom stereocenters. The lowest BCUT2D eigenvalue weighted by Gasteiger charge is -2.51. The Bertz CT molecular complexity index is 685. The summed E-state index contributed by atoms with van der Waals surface area (Å²) in [4.78, 5) is 37.2. The van der Waals surface area contributed by atoms with Crippen LogP contribution in [0.2, 0.25) is 0 Å². The summed E-state index contributed by atoms with van der Waals surface area (Å²) >= 11 is 0. The van der Waals surface area contributed by atoms with E-state index in [2.05, 4.69) is 0 Å². The molecule has 3 atom stereocenters. The van der Waals surface area contributed by atoms with Crippen LogP contribution in [0.3, 0.4) is 0 Å². The smallest absolute Gasteiger partial charge is 0.311 e. The molecule has 1 aliphatic carbocycles. The summed E-state index contributed by atoms with van der Waals surface area (Å²) < 4.78 is 0. The van der Waals surface area contributed by atoms with Crippen molar-refractivity contribution in [1.29, 1.82) is 0 Å². The van der Waals surface area contributed by atoms with Gasteiger partial charge in [0.2, 0.25) is 0 Å². The molecule has 148 valence electrons. The van der Waals surface area contributed by atoms with Gasteiger partial charge in [-0.3, -0.25) is 14.4 Å². The molecule has 6 nitrogen and oxygen atoms in total. The molecule has 2 rings (SSSR count). The van der Waals surface area contributed by atoms with Crippen molar-refractivity contribution in [3.05, 3.63) is 35.9 Å². The quantitative estimate of drug-likeness (QED) is 0.604. The molecule has 1 aromatic rings. The highest BCUT2D eigenvalue weighted by atomic mass is 16.4. The maximum absolute atomic E-state index is 12.6. The summed E-state index contributed by atoms with van der Waals surface area (Å²) in [6, 6.07) is 8.91. The van der Waals surface area contributed by atoms with Gasteiger partial charge in [0, 0.05) is 0 Å². The van der Waals surface area contributed by atoms with Gasteiger partial charge in [-0.05, 0) is 31.2 Å². The average Bonchev–Trinajstić information content (AvgIpc) is 2.63. The number of hydrogen-bond donors (Lipinski definition) is 3. The molecule has 1 aromatic carbocycles. The van der Waals surface area contributed by atoms with Crippen molar-refractivity contribution in [2.75, 3.05) is 0 Å². The van der Waals surface area contributed by atoms with Crippen LogP contribution < -0.4 is 0 Å². The van der Waals surface area contributed by atoms with Crippen LogP contribution in [0.5, 0.6) is 0 Å². The SMILES string of the molecule is CCCCC(C(=O)O)C1(C(=O)O)CCCCC1(Cc1ccccc1)C(=O)O. The largest absolute Gasteiger partial charge is 0.481 e. The lowest BCUT2D eigenvalue weighted by atomic mass is 9.48. The Morgan fingerprint density at radius 3 is 2.15 bits per heavy atom. The minimum Gasteiger partial charge on any atom is -0.481 e. The van der Waals surface area contributed by atoms with Gasteiger partial charge in [0.1, 0.15) is 0 Å². The van der Waals surface area contributed by atoms with Gasteiger partial charge in [0.15, 0.2) is 0 Å². The van der Waals surface area contributed by atoms with E-state index in [1.165, 1.54) is 0 Å². The molecule has 0 heterocycles. The van der Waals surface area contributed by atoms with Gasteiger partial charge in [-0.2, -0.15) is 0 Å². The summed E-state index contributed by atoms with van der Waals surface area (Å²) in [5.74, 6) is -4.96. The van der Waals surface area contributed by atoms with E-state index in [9.17, 15) is 29.7 Å². The van der Waals surface area contributed by atoms with E-state index in [1.807, 2.05) is 13.0 Å². The first-order valence-electron chi connectivity index (χ1n) is 9.55. The molecule has 0 amide bonds. The van der Waals surface area contributed by atoms with Crippen molar-refractivity contribution in [2.24, 2.45) is 16.7 Å². The van der Waals surface area contributed by atoms with E-state index >= 15 is 0 Å². The summed E-state index contributed by atoms with van der Waals surface area (Å²) in [5.41, 5.74) is -2.75. The second kappa shape index (κ2) is 8.55. The van der Waals surface area contributed by atoms with E-state index in [-0.39, 0.29) is 25.7 Å². The minimum absolute atomic E-state index is 0.0192. The van der Waals surface area contributed by atoms with Gasteiger partial charge in [-0.25, -0.2) is 0 Å². The van der Waals surface area contributed by atoms with Gasteiger partial charge in [-0.1, -0.05) is 62.9 Å². The third-order valence-corrected chi connectivity index (χ3v) is 6.16. The number of aliphatic carboxylic acids is 3. The molecule has 0 aliphatic heterocycles. The summed E-state index contributed by atoms with van der Waals surface area (Å²) in [6.07, 6.45) is 2.79. The molecule has 6 heteroatoms. The van der Waals surface area contributed by atoms with Crippen LogP contribution in [0.15, 0.2) is 30.3 Å². The van der Waals surface area contributed by atoms with Crippen molar-refractivity contribution in [3.63, 3.8) is 0 Å². The number of rotatable bonds is 9. The topological polar surface area (TPSA) is 112 Å². The third kappa shape index (κ3) is 3.70. The van der Waals surface area contributed by atoms with Crippen LogP contribution in [0, 0.1) is 16.7 Å². The Labute approximate surface area is 159 Å². The number of benzene rings is 1. The van der Waals surface area contributed by atoms with E-state index < -0.39 is 34.7 Å². The Kier molecular flexibility index (Phi) is 6.63. The van der Waals surface area contributed by atoms with Gasteiger partial charge >= 0.3 is 17.9 Å². The minimum atomic E-state index is -1.83. The first-order chi connectivity index (χ1) is 12.8. The van der Waals surface area contributed by atoms with Crippen LogP contribution in [-0.4, -0.2) is 33.2 Å². The zero-order valence-corrected chi connectivity index (χ0v) is 15.7. The predicted octanol–water partition coefficient (Wildman–Crippen LogP) is 3.84. The zero-order valence-electron chi connectivity index (χ0n) is 15.7. The molecule has 0 spiro atoms. The molecular weight excluding hydrogens is 348 g/mol. The maximum atomic E-state index is 12.6. The fourth-order valence-corrected chi connectivity index (χ4v) is 4.81. The van der Waals surface area contributed by atoms with Crippen molar-refractivity contribution in [1.82, 2.24) is 0 Å². The van der Waals surface area contributed by atoms with Crippen molar-refractivity contribution >= 4 is 17.9 Å². The van der Waals surface area contributed by atoms with E-state index in [1.54, 1.807) is 24.3 Å². The maximum Gasteiger partial charge on any atom is 0.311 e. The van der Waals surface area contributed by atoms with Gasteiger partial charge in [-0.15, -0.1) is 0 Å². The first kappa shape index (κ1) is 20.9.